The molecule has 0 aliphatic carbocycles. The molecule has 0 atom stereocenters. The Kier molecular flexibility index (Phi) is 2.86. The van der Waals surface area contributed by atoms with Gasteiger partial charge in [0, 0.05) is 12.0 Å². The molecule has 1 aromatic rings. The monoisotopic (exact) mass is 179 g/mol. The summed E-state index contributed by atoms with van der Waals surface area (Å²) >= 11 is 0. The van der Waals surface area contributed by atoms with Crippen molar-refractivity contribution in [2.45, 2.75) is 33.1 Å². The molecule has 1 N–H and O–H groups in total. The molecule has 0 saturated carbocycles. The third-order valence-corrected chi connectivity index (χ3v) is 1.79. The Morgan fingerprint density at radius 3 is 2.31 bits per heavy atom. The number of aromatic nitrogens is 2. The minimum atomic E-state index is 0.0811. The van der Waals surface area contributed by atoms with Crippen molar-refractivity contribution >= 4 is 5.82 Å². The molecule has 0 aliphatic rings. The lowest BCUT2D eigenvalue weighted by Gasteiger charge is -2.16. The molecule has 3 heteroatoms. The van der Waals surface area contributed by atoms with E-state index in [0.29, 0.717) is 0 Å². The van der Waals surface area contributed by atoms with Crippen LogP contribution >= 0.6 is 0 Å². The van der Waals surface area contributed by atoms with Crippen LogP contribution in [0.15, 0.2) is 12.1 Å². The second-order valence-corrected chi connectivity index (χ2v) is 4.08. The van der Waals surface area contributed by atoms with Crippen molar-refractivity contribution in [3.8, 4) is 0 Å². The Hall–Kier alpha value is -1.12. The van der Waals surface area contributed by atoms with E-state index >= 15 is 0 Å². The fourth-order valence-electron chi connectivity index (χ4n) is 1.01. The van der Waals surface area contributed by atoms with E-state index in [0.717, 1.165) is 18.1 Å². The molecular weight excluding hydrogens is 162 g/mol. The quantitative estimate of drug-likeness (QED) is 0.756. The zero-order valence-electron chi connectivity index (χ0n) is 8.76. The summed E-state index contributed by atoms with van der Waals surface area (Å²) in [5.41, 5.74) is 1.10. The molecule has 1 heterocycles. The maximum atomic E-state index is 4.16. The smallest absolute Gasteiger partial charge is 0.148 e. The highest BCUT2D eigenvalue weighted by Gasteiger charge is 2.15. The maximum Gasteiger partial charge on any atom is 0.148 e. The van der Waals surface area contributed by atoms with Gasteiger partial charge in [0.2, 0.25) is 0 Å². The molecule has 1 aromatic heterocycles. The van der Waals surface area contributed by atoms with Crippen LogP contribution in [0.3, 0.4) is 0 Å². The molecule has 0 amide bonds. The molecule has 72 valence electrons. The second-order valence-electron chi connectivity index (χ2n) is 4.08. The van der Waals surface area contributed by atoms with Gasteiger partial charge in [0.15, 0.2) is 0 Å². The number of rotatable bonds is 2. The first-order valence-electron chi connectivity index (χ1n) is 4.62. The van der Waals surface area contributed by atoms with Crippen LogP contribution in [0.25, 0.3) is 0 Å². The third-order valence-electron chi connectivity index (χ3n) is 1.79. The van der Waals surface area contributed by atoms with E-state index in [2.05, 4.69) is 36.3 Å². The third kappa shape index (κ3) is 2.68. The Balaban J connectivity index is 2.81. The number of hydrogen-bond donors (Lipinski definition) is 1. The summed E-state index contributed by atoms with van der Waals surface area (Å²) < 4.78 is 0. The van der Waals surface area contributed by atoms with Crippen molar-refractivity contribution in [1.29, 1.82) is 0 Å². The first-order chi connectivity index (χ1) is 6.04. The highest BCUT2D eigenvalue weighted by Crippen LogP contribution is 2.19. The first kappa shape index (κ1) is 9.96. The van der Waals surface area contributed by atoms with Crippen LogP contribution in [0.2, 0.25) is 0 Å². The van der Waals surface area contributed by atoms with Gasteiger partial charge in [-0.05, 0) is 19.1 Å². The molecule has 3 nitrogen and oxygen atoms in total. The molecule has 0 aliphatic heterocycles. The zero-order valence-corrected chi connectivity index (χ0v) is 8.76. The zero-order chi connectivity index (χ0) is 9.90. The number of hydrogen-bond acceptors (Lipinski definition) is 3. The van der Waals surface area contributed by atoms with Crippen molar-refractivity contribution in [1.82, 2.24) is 10.2 Å². The van der Waals surface area contributed by atoms with Crippen LogP contribution in [-0.2, 0) is 5.41 Å². The van der Waals surface area contributed by atoms with Crippen LogP contribution in [0.1, 0.15) is 33.4 Å². The summed E-state index contributed by atoms with van der Waals surface area (Å²) in [6.45, 7) is 9.31. The van der Waals surface area contributed by atoms with Gasteiger partial charge in [-0.1, -0.05) is 20.8 Å². The lowest BCUT2D eigenvalue weighted by atomic mass is 9.92. The van der Waals surface area contributed by atoms with Crippen molar-refractivity contribution in [2.24, 2.45) is 0 Å². The molecule has 0 spiro atoms. The largest absolute Gasteiger partial charge is 0.369 e. The average molecular weight is 179 g/mol. The molecular formula is C10H17N3. The second kappa shape index (κ2) is 3.73. The van der Waals surface area contributed by atoms with Gasteiger partial charge in [-0.25, -0.2) is 0 Å². The summed E-state index contributed by atoms with van der Waals surface area (Å²) in [4.78, 5) is 0. The lowest BCUT2D eigenvalue weighted by molar-refractivity contribution is 0.559. The number of anilines is 1. The van der Waals surface area contributed by atoms with Gasteiger partial charge in [0.25, 0.3) is 0 Å². The summed E-state index contributed by atoms with van der Waals surface area (Å²) in [5.74, 6) is 0.843. The van der Waals surface area contributed by atoms with Crippen LogP contribution in [-0.4, -0.2) is 16.7 Å². The standard InChI is InChI=1S/C10H17N3/c1-5-11-9-7-6-8(12-13-9)10(2,3)4/h6-7H,5H2,1-4H3,(H,11,13). The molecule has 0 bridgehead atoms. The van der Waals surface area contributed by atoms with Crippen LogP contribution in [0.5, 0.6) is 0 Å². The molecule has 0 unspecified atom stereocenters. The normalized spacial score (nSPS) is 11.4. The van der Waals surface area contributed by atoms with Crippen molar-refractivity contribution < 1.29 is 0 Å². The van der Waals surface area contributed by atoms with Gasteiger partial charge in [-0.15, -0.1) is 5.10 Å². The summed E-state index contributed by atoms with van der Waals surface area (Å²) in [6, 6.07) is 3.99. The van der Waals surface area contributed by atoms with Crippen molar-refractivity contribution in [3.63, 3.8) is 0 Å². The van der Waals surface area contributed by atoms with Crippen molar-refractivity contribution in [2.75, 3.05) is 11.9 Å². The summed E-state index contributed by atoms with van der Waals surface area (Å²) in [5, 5.41) is 11.3. The van der Waals surface area contributed by atoms with Gasteiger partial charge in [-0.3, -0.25) is 0 Å². The van der Waals surface area contributed by atoms with E-state index in [4.69, 9.17) is 0 Å². The topological polar surface area (TPSA) is 37.8 Å². The fraction of sp³-hybridized carbons (Fsp3) is 0.600. The predicted molar refractivity (Wildman–Crippen MR) is 54.9 cm³/mol. The Morgan fingerprint density at radius 1 is 1.23 bits per heavy atom. The summed E-state index contributed by atoms with van der Waals surface area (Å²) in [6.07, 6.45) is 0. The van der Waals surface area contributed by atoms with Gasteiger partial charge in [0.05, 0.1) is 5.69 Å². The molecule has 0 aromatic carbocycles. The minimum absolute atomic E-state index is 0.0811. The van der Waals surface area contributed by atoms with Crippen LogP contribution in [0.4, 0.5) is 5.82 Å². The molecule has 0 saturated heterocycles. The highest BCUT2D eigenvalue weighted by atomic mass is 15.2. The Labute approximate surface area is 79.6 Å². The Morgan fingerprint density at radius 2 is 1.92 bits per heavy atom. The molecule has 1 rings (SSSR count). The van der Waals surface area contributed by atoms with Crippen LogP contribution in [0, 0.1) is 0 Å². The molecule has 0 fully saturated rings. The van der Waals surface area contributed by atoms with Crippen LogP contribution < -0.4 is 5.32 Å². The minimum Gasteiger partial charge on any atom is -0.369 e. The van der Waals surface area contributed by atoms with E-state index in [-0.39, 0.29) is 5.41 Å². The predicted octanol–water partition coefficient (Wildman–Crippen LogP) is 2.21. The van der Waals surface area contributed by atoms with E-state index in [9.17, 15) is 0 Å². The van der Waals surface area contributed by atoms with E-state index in [1.165, 1.54) is 0 Å². The highest BCUT2D eigenvalue weighted by molar-refractivity contribution is 5.33. The summed E-state index contributed by atoms with van der Waals surface area (Å²) in [7, 11) is 0. The fourth-order valence-corrected chi connectivity index (χ4v) is 1.01. The number of nitrogens with one attached hydrogen (secondary N) is 1. The van der Waals surface area contributed by atoms with E-state index < -0.39 is 0 Å². The molecule has 13 heavy (non-hydrogen) atoms. The van der Waals surface area contributed by atoms with E-state index in [1.807, 2.05) is 19.1 Å². The van der Waals surface area contributed by atoms with E-state index in [1.54, 1.807) is 0 Å². The van der Waals surface area contributed by atoms with Gasteiger partial charge in [-0.2, -0.15) is 5.10 Å². The molecule has 0 radical (unpaired) electrons. The van der Waals surface area contributed by atoms with Gasteiger partial charge >= 0.3 is 0 Å². The van der Waals surface area contributed by atoms with Gasteiger partial charge in [0.1, 0.15) is 5.82 Å². The first-order valence-corrected chi connectivity index (χ1v) is 4.62. The SMILES string of the molecule is CCNc1ccc(C(C)(C)C)nn1. The average Bonchev–Trinajstić information content (AvgIpc) is 2.04. The number of nitrogens with zero attached hydrogens (tertiary/aromatic N) is 2. The Bertz CT molecular complexity index is 258. The van der Waals surface area contributed by atoms with Gasteiger partial charge < -0.3 is 5.32 Å². The van der Waals surface area contributed by atoms with Crippen molar-refractivity contribution in [3.05, 3.63) is 17.8 Å². The lowest BCUT2D eigenvalue weighted by Crippen LogP contribution is -2.14. The maximum absolute atomic E-state index is 4.16.